The molecule has 2 aromatic rings. The van der Waals surface area contributed by atoms with Gasteiger partial charge in [0.05, 0.1) is 6.10 Å². The fraction of sp³-hybridized carbons (Fsp3) is 0.600. The topological polar surface area (TPSA) is 195 Å². The molecule has 0 amide bonds. The second-order valence-electron chi connectivity index (χ2n) is 16.5. The molecule has 0 spiro atoms. The predicted molar refractivity (Wildman–Crippen MR) is 214 cm³/mol. The van der Waals surface area contributed by atoms with Crippen molar-refractivity contribution >= 4 is 35.8 Å². The van der Waals surface area contributed by atoms with E-state index in [1.54, 1.807) is 13.0 Å². The lowest BCUT2D eigenvalue weighted by Crippen LogP contribution is -2.70. The van der Waals surface area contributed by atoms with E-state index < -0.39 is 84.0 Å². The van der Waals surface area contributed by atoms with Gasteiger partial charge in [0.2, 0.25) is 23.8 Å². The van der Waals surface area contributed by atoms with Crippen LogP contribution in [0.2, 0.25) is 0 Å². The van der Waals surface area contributed by atoms with Gasteiger partial charge in [0.15, 0.2) is 18.3 Å². The Labute approximate surface area is 356 Å². The Balaban J connectivity index is 1.36. The number of carbonyl (C=O) groups excluding carboxylic acids is 6. The van der Waals surface area contributed by atoms with Crippen LogP contribution in [0, 0.1) is 19.8 Å². The zero-order valence-corrected chi connectivity index (χ0v) is 36.9. The van der Waals surface area contributed by atoms with E-state index in [1.165, 1.54) is 34.6 Å². The van der Waals surface area contributed by atoms with Crippen LogP contribution in [0.3, 0.4) is 0 Å². The van der Waals surface area contributed by atoms with E-state index in [9.17, 15) is 28.8 Å². The molecule has 2 heterocycles. The summed E-state index contributed by atoms with van der Waals surface area (Å²) in [5, 5.41) is 0. The van der Waals surface area contributed by atoms with Gasteiger partial charge in [-0.05, 0) is 86.8 Å². The molecule has 3 aliphatic rings. The Morgan fingerprint density at radius 3 is 1.48 bits per heavy atom. The van der Waals surface area contributed by atoms with Gasteiger partial charge in [-0.25, -0.2) is 0 Å². The fourth-order valence-corrected chi connectivity index (χ4v) is 8.55. The Morgan fingerprint density at radius 2 is 1.07 bits per heavy atom. The number of rotatable bonds is 14. The van der Waals surface area contributed by atoms with Crippen molar-refractivity contribution in [3.8, 4) is 11.5 Å². The lowest BCUT2D eigenvalue weighted by Gasteiger charge is -2.50. The van der Waals surface area contributed by atoms with Gasteiger partial charge < -0.3 is 47.4 Å². The van der Waals surface area contributed by atoms with Crippen molar-refractivity contribution in [2.45, 2.75) is 162 Å². The molecule has 0 bridgehead atoms. The first-order valence-corrected chi connectivity index (χ1v) is 20.5. The normalized spacial score (nSPS) is 31.7. The van der Waals surface area contributed by atoms with Crippen LogP contribution >= 0.6 is 0 Å². The molecule has 2 saturated heterocycles. The third-order valence-electron chi connectivity index (χ3n) is 11.4. The maximum absolute atomic E-state index is 12.5. The first kappa shape index (κ1) is 46.8. The van der Waals surface area contributed by atoms with E-state index in [0.717, 1.165) is 42.5 Å². The van der Waals surface area contributed by atoms with Crippen molar-refractivity contribution in [1.29, 1.82) is 0 Å². The number of hydrogen-bond donors (Lipinski definition) is 0. The summed E-state index contributed by atoms with van der Waals surface area (Å²) in [6.07, 6.45) is -6.00. The van der Waals surface area contributed by atoms with Gasteiger partial charge in [-0.1, -0.05) is 38.1 Å². The van der Waals surface area contributed by atoms with Crippen LogP contribution in [0.15, 0.2) is 36.4 Å². The highest BCUT2D eigenvalue weighted by atomic mass is 16.7. The van der Waals surface area contributed by atoms with E-state index in [2.05, 4.69) is 6.07 Å². The predicted octanol–water partition coefficient (Wildman–Crippen LogP) is 5.83. The van der Waals surface area contributed by atoms with Crippen LogP contribution in [-0.4, -0.2) is 96.7 Å². The quantitative estimate of drug-likeness (QED) is 0.163. The minimum absolute atomic E-state index is 0.187. The molecule has 1 saturated carbocycles. The molecule has 16 nitrogen and oxygen atoms in total. The number of benzene rings is 2. The van der Waals surface area contributed by atoms with Gasteiger partial charge in [0.25, 0.3) is 0 Å². The van der Waals surface area contributed by atoms with E-state index in [1.807, 2.05) is 52.0 Å². The van der Waals surface area contributed by atoms with Crippen molar-refractivity contribution in [2.24, 2.45) is 5.92 Å². The third kappa shape index (κ3) is 10.6. The van der Waals surface area contributed by atoms with Crippen molar-refractivity contribution in [2.75, 3.05) is 6.61 Å². The lowest BCUT2D eigenvalue weighted by atomic mass is 9.81. The van der Waals surface area contributed by atoms with Crippen molar-refractivity contribution in [1.82, 2.24) is 0 Å². The van der Waals surface area contributed by atoms with Crippen LogP contribution in [0.1, 0.15) is 116 Å². The second kappa shape index (κ2) is 18.8. The minimum Gasteiger partial charge on any atom is -0.463 e. The summed E-state index contributed by atoms with van der Waals surface area (Å²) >= 11 is 0. The molecular formula is C45H58O16. The van der Waals surface area contributed by atoms with Gasteiger partial charge in [-0.3, -0.25) is 28.8 Å². The monoisotopic (exact) mass is 854 g/mol. The van der Waals surface area contributed by atoms with Crippen LogP contribution in [-0.2, 0) is 66.7 Å². The maximum Gasteiger partial charge on any atom is 0.303 e. The highest BCUT2D eigenvalue weighted by Crippen LogP contribution is 2.55. The lowest BCUT2D eigenvalue weighted by molar-refractivity contribution is -0.321. The van der Waals surface area contributed by atoms with Crippen LogP contribution in [0.25, 0.3) is 0 Å². The van der Waals surface area contributed by atoms with E-state index >= 15 is 0 Å². The molecule has 12 atom stereocenters. The summed E-state index contributed by atoms with van der Waals surface area (Å²) in [6.45, 7) is 17.7. The van der Waals surface area contributed by atoms with Crippen LogP contribution in [0.5, 0.6) is 11.5 Å². The number of hydrogen-bond acceptors (Lipinski definition) is 16. The molecule has 3 fully saturated rings. The van der Waals surface area contributed by atoms with Crippen LogP contribution in [0.4, 0.5) is 0 Å². The second-order valence-corrected chi connectivity index (χ2v) is 16.5. The smallest absolute Gasteiger partial charge is 0.303 e. The summed E-state index contributed by atoms with van der Waals surface area (Å²) < 4.78 is 59.1. The van der Waals surface area contributed by atoms with Gasteiger partial charge in [-0.2, -0.15) is 0 Å². The number of aryl methyl sites for hydroxylation is 2. The first-order valence-electron chi connectivity index (χ1n) is 20.5. The molecular weight excluding hydrogens is 796 g/mol. The Bertz CT molecular complexity index is 2000. The zero-order valence-electron chi connectivity index (χ0n) is 36.9. The van der Waals surface area contributed by atoms with E-state index in [0.29, 0.717) is 17.9 Å². The highest BCUT2D eigenvalue weighted by Gasteiger charge is 2.62. The molecule has 2 aliphatic heterocycles. The molecule has 61 heavy (non-hydrogen) atoms. The largest absolute Gasteiger partial charge is 0.463 e. The molecule has 0 aromatic heterocycles. The van der Waals surface area contributed by atoms with Crippen molar-refractivity contribution in [3.63, 3.8) is 0 Å². The molecule has 0 radical (unpaired) electrons. The van der Waals surface area contributed by atoms with Crippen LogP contribution < -0.4 is 9.47 Å². The molecule has 5 rings (SSSR count). The third-order valence-corrected chi connectivity index (χ3v) is 11.4. The molecule has 1 aliphatic carbocycles. The Morgan fingerprint density at radius 1 is 0.623 bits per heavy atom. The maximum atomic E-state index is 12.5. The van der Waals surface area contributed by atoms with E-state index in [4.69, 9.17) is 47.4 Å². The first-order chi connectivity index (χ1) is 28.6. The Kier molecular flexibility index (Phi) is 14.4. The number of ether oxygens (including phenoxy) is 10. The summed E-state index contributed by atoms with van der Waals surface area (Å²) in [5.41, 5.74) is 0.480. The van der Waals surface area contributed by atoms with Gasteiger partial charge in [0.1, 0.15) is 24.2 Å². The van der Waals surface area contributed by atoms with Crippen molar-refractivity contribution in [3.05, 3.63) is 58.7 Å². The molecule has 334 valence electrons. The van der Waals surface area contributed by atoms with Gasteiger partial charge >= 0.3 is 35.8 Å². The summed E-state index contributed by atoms with van der Waals surface area (Å²) in [7, 11) is 0. The number of carbonyl (C=O) groups is 6. The fourth-order valence-electron chi connectivity index (χ4n) is 8.55. The molecule has 0 N–H and O–H groups in total. The SMILES string of the molecule is CC[C@H]1O[C@H](Oc2ccc(C3CC3c3ccc(O[C@H]4O[C@H](COC(C)=O)[C@@H](OC(C)=O)[C@H](OC(C)=O)[C@]4(C)OC(C)=O)c(C)c3)cc2C)[C@@](C)(OC(C)=O)[C@@H](OC(C)=O)[C@@H]1C. The van der Waals surface area contributed by atoms with Gasteiger partial charge in [-0.15, -0.1) is 0 Å². The van der Waals surface area contributed by atoms with Gasteiger partial charge in [0, 0.05) is 47.5 Å². The Hall–Kier alpha value is -5.22. The average molecular weight is 855 g/mol. The number of esters is 6. The molecule has 2 aromatic carbocycles. The molecule has 16 heteroatoms. The standard InChI is InChI=1S/C45H58O16/c1-13-35-24(4)40(54-27(7)48)44(11,60-29(9)50)42(56-35)57-36-16-14-31(18-22(36)2)33-20-34(33)32-15-17-37(23(3)19-32)58-43-45(12,61-30(10)51)41(55-28(8)49)39(53-26(6)47)38(59-43)21-52-25(5)46/h14-19,24,33-35,38-43H,13,20-21H2,1-12H3/t24-,33?,34?,35-,38-,39-,40+,41+,42-,43+,44+,45+/m1/s1. The summed E-state index contributed by atoms with van der Waals surface area (Å²) in [5.74, 6) is -2.89. The molecule has 2 unspecified atom stereocenters. The zero-order chi connectivity index (χ0) is 45.1. The van der Waals surface area contributed by atoms with Crippen molar-refractivity contribution < 1.29 is 76.1 Å². The summed E-state index contributed by atoms with van der Waals surface area (Å²) in [4.78, 5) is 73.3. The minimum atomic E-state index is -1.83. The average Bonchev–Trinajstić information content (AvgIpc) is 3.95. The van der Waals surface area contributed by atoms with E-state index in [-0.39, 0.29) is 30.5 Å². The summed E-state index contributed by atoms with van der Waals surface area (Å²) in [6, 6.07) is 11.6. The highest BCUT2D eigenvalue weighted by molar-refractivity contribution is 5.69.